The molecule has 1 amide bonds. The van der Waals surface area contributed by atoms with Gasteiger partial charge in [-0.25, -0.2) is 13.6 Å². The van der Waals surface area contributed by atoms with Crippen molar-refractivity contribution in [3.63, 3.8) is 0 Å². The van der Waals surface area contributed by atoms with E-state index < -0.39 is 10.0 Å². The quantitative estimate of drug-likeness (QED) is 0.823. The summed E-state index contributed by atoms with van der Waals surface area (Å²) in [5.41, 5.74) is 5.94. The molecule has 7 nitrogen and oxygen atoms in total. The lowest BCUT2D eigenvalue weighted by Gasteiger charge is -2.34. The molecule has 118 valence electrons. The third-order valence-electron chi connectivity index (χ3n) is 3.74. The fourth-order valence-electron chi connectivity index (χ4n) is 2.81. The highest BCUT2D eigenvalue weighted by atomic mass is 32.2. The van der Waals surface area contributed by atoms with E-state index >= 15 is 0 Å². The highest BCUT2D eigenvalue weighted by Crippen LogP contribution is 2.30. The van der Waals surface area contributed by atoms with Crippen molar-refractivity contribution < 1.29 is 13.2 Å². The van der Waals surface area contributed by atoms with E-state index in [2.05, 4.69) is 0 Å². The summed E-state index contributed by atoms with van der Waals surface area (Å²) in [4.78, 5) is 12.9. The lowest BCUT2D eigenvalue weighted by Crippen LogP contribution is -2.38. The standard InChI is InChI=1S/C14H18N4O3S/c15-8-10-3-4-12(13(6-10)22(17,20)21)18-5-1-2-11(9-18)7-14(16)19/h3-4,6,11H,1-2,5,7,9H2,(H2,16,19)(H2,17,20,21). The van der Waals surface area contributed by atoms with Gasteiger partial charge < -0.3 is 10.6 Å². The Morgan fingerprint density at radius 2 is 2.18 bits per heavy atom. The van der Waals surface area contributed by atoms with Gasteiger partial charge >= 0.3 is 0 Å². The van der Waals surface area contributed by atoms with Crippen LogP contribution in [0, 0.1) is 17.2 Å². The zero-order valence-corrected chi connectivity index (χ0v) is 12.8. The largest absolute Gasteiger partial charge is 0.370 e. The number of benzene rings is 1. The van der Waals surface area contributed by atoms with Crippen molar-refractivity contribution in [1.29, 1.82) is 5.26 Å². The molecule has 1 atom stereocenters. The van der Waals surface area contributed by atoms with Gasteiger partial charge in [-0.05, 0) is 37.0 Å². The van der Waals surface area contributed by atoms with Gasteiger partial charge in [0.1, 0.15) is 4.90 Å². The van der Waals surface area contributed by atoms with E-state index in [0.717, 1.165) is 12.8 Å². The molecule has 1 fully saturated rings. The van der Waals surface area contributed by atoms with E-state index in [0.29, 0.717) is 18.8 Å². The van der Waals surface area contributed by atoms with Crippen molar-refractivity contribution in [3.8, 4) is 6.07 Å². The summed E-state index contributed by atoms with van der Waals surface area (Å²) in [6.45, 7) is 1.21. The maximum absolute atomic E-state index is 11.8. The Bertz CT molecular complexity index is 724. The number of hydrogen-bond acceptors (Lipinski definition) is 5. The van der Waals surface area contributed by atoms with Gasteiger partial charge in [-0.3, -0.25) is 4.79 Å². The smallest absolute Gasteiger partial charge is 0.240 e. The average molecular weight is 322 g/mol. The summed E-state index contributed by atoms with van der Waals surface area (Å²) in [5.74, 6) is -0.270. The molecule has 4 N–H and O–H groups in total. The van der Waals surface area contributed by atoms with Gasteiger partial charge in [0.2, 0.25) is 15.9 Å². The van der Waals surface area contributed by atoms with Gasteiger partial charge in [-0.1, -0.05) is 0 Å². The van der Waals surface area contributed by atoms with Gasteiger partial charge in [0.05, 0.1) is 17.3 Å². The summed E-state index contributed by atoms with van der Waals surface area (Å²) in [7, 11) is -3.94. The van der Waals surface area contributed by atoms with Crippen LogP contribution in [0.5, 0.6) is 0 Å². The SMILES string of the molecule is N#Cc1ccc(N2CCCC(CC(N)=O)C2)c(S(N)(=O)=O)c1. The Labute approximate surface area is 129 Å². The fourth-order valence-corrected chi connectivity index (χ4v) is 3.59. The van der Waals surface area contributed by atoms with Gasteiger partial charge in [-0.2, -0.15) is 5.26 Å². The number of amides is 1. The molecule has 0 spiro atoms. The minimum Gasteiger partial charge on any atom is -0.370 e. The van der Waals surface area contributed by atoms with Crippen LogP contribution in [0.4, 0.5) is 5.69 Å². The zero-order valence-electron chi connectivity index (χ0n) is 12.0. The van der Waals surface area contributed by atoms with Crippen molar-refractivity contribution >= 4 is 21.6 Å². The normalized spacial score (nSPS) is 18.7. The number of carbonyl (C=O) groups is 1. The molecule has 0 bridgehead atoms. The fraction of sp³-hybridized carbons (Fsp3) is 0.429. The Morgan fingerprint density at radius 3 is 2.77 bits per heavy atom. The van der Waals surface area contributed by atoms with Gasteiger partial charge in [0, 0.05) is 19.5 Å². The predicted molar refractivity (Wildman–Crippen MR) is 81.3 cm³/mol. The first-order valence-corrected chi connectivity index (χ1v) is 8.46. The monoisotopic (exact) mass is 322 g/mol. The third kappa shape index (κ3) is 3.75. The molecule has 1 aromatic rings. The van der Waals surface area contributed by atoms with Crippen molar-refractivity contribution in [2.75, 3.05) is 18.0 Å². The Hall–Kier alpha value is -2.11. The lowest BCUT2D eigenvalue weighted by atomic mass is 9.94. The summed E-state index contributed by atoms with van der Waals surface area (Å²) in [6, 6.07) is 6.33. The highest BCUT2D eigenvalue weighted by molar-refractivity contribution is 7.89. The first-order valence-electron chi connectivity index (χ1n) is 6.91. The van der Waals surface area contributed by atoms with Crippen molar-refractivity contribution in [2.24, 2.45) is 16.8 Å². The molecule has 22 heavy (non-hydrogen) atoms. The van der Waals surface area contributed by atoms with E-state index in [4.69, 9.17) is 16.1 Å². The van der Waals surface area contributed by atoms with Crippen LogP contribution in [0.15, 0.2) is 23.1 Å². The number of hydrogen-bond donors (Lipinski definition) is 2. The molecule has 1 aliphatic rings. The molecule has 8 heteroatoms. The van der Waals surface area contributed by atoms with Crippen molar-refractivity contribution in [1.82, 2.24) is 0 Å². The molecule has 1 unspecified atom stereocenters. The van der Waals surface area contributed by atoms with E-state index in [-0.39, 0.29) is 28.7 Å². The first-order chi connectivity index (χ1) is 10.3. The molecule has 1 aromatic carbocycles. The first kappa shape index (κ1) is 16.3. The van der Waals surface area contributed by atoms with Crippen LogP contribution < -0.4 is 15.8 Å². The number of sulfonamides is 1. The Balaban J connectivity index is 2.35. The van der Waals surface area contributed by atoms with Gasteiger partial charge in [-0.15, -0.1) is 0 Å². The Morgan fingerprint density at radius 1 is 1.45 bits per heavy atom. The third-order valence-corrected chi connectivity index (χ3v) is 4.69. The number of primary sulfonamides is 1. The minimum absolute atomic E-state index is 0.0636. The number of rotatable bonds is 4. The van der Waals surface area contributed by atoms with Crippen LogP contribution in [-0.2, 0) is 14.8 Å². The number of anilines is 1. The van der Waals surface area contributed by atoms with E-state index in [1.165, 1.54) is 6.07 Å². The summed E-state index contributed by atoms with van der Waals surface area (Å²) < 4.78 is 23.6. The van der Waals surface area contributed by atoms with Crippen molar-refractivity contribution in [2.45, 2.75) is 24.2 Å². The number of primary amides is 1. The predicted octanol–water partition coefficient (Wildman–Crippen LogP) is 0.297. The maximum atomic E-state index is 11.8. The lowest BCUT2D eigenvalue weighted by molar-refractivity contribution is -0.118. The van der Waals surface area contributed by atoms with Crippen LogP contribution >= 0.6 is 0 Å². The molecule has 0 aliphatic carbocycles. The number of nitriles is 1. The van der Waals surface area contributed by atoms with E-state index in [1.807, 2.05) is 11.0 Å². The second-order valence-corrected chi connectivity index (χ2v) is 6.99. The van der Waals surface area contributed by atoms with Crippen LogP contribution in [0.25, 0.3) is 0 Å². The number of carbonyl (C=O) groups excluding carboxylic acids is 1. The molecule has 1 saturated heterocycles. The average Bonchev–Trinajstić information content (AvgIpc) is 2.45. The number of nitrogens with two attached hydrogens (primary N) is 2. The Kier molecular flexibility index (Phi) is 4.68. The topological polar surface area (TPSA) is 130 Å². The van der Waals surface area contributed by atoms with Gasteiger partial charge in [0.15, 0.2) is 0 Å². The van der Waals surface area contributed by atoms with E-state index in [1.54, 1.807) is 12.1 Å². The number of piperidine rings is 1. The van der Waals surface area contributed by atoms with Crippen LogP contribution in [-0.4, -0.2) is 27.4 Å². The van der Waals surface area contributed by atoms with Gasteiger partial charge in [0.25, 0.3) is 0 Å². The number of nitrogens with zero attached hydrogens (tertiary/aromatic N) is 2. The zero-order chi connectivity index (χ0) is 16.3. The molecule has 1 aliphatic heterocycles. The second kappa shape index (κ2) is 6.34. The molecule has 0 aromatic heterocycles. The molecular weight excluding hydrogens is 304 g/mol. The molecule has 2 rings (SSSR count). The molecule has 1 heterocycles. The highest BCUT2D eigenvalue weighted by Gasteiger charge is 2.25. The van der Waals surface area contributed by atoms with Crippen LogP contribution in [0.1, 0.15) is 24.8 Å². The molecule has 0 radical (unpaired) electrons. The summed E-state index contributed by atoms with van der Waals surface area (Å²) in [5, 5.41) is 14.2. The summed E-state index contributed by atoms with van der Waals surface area (Å²) >= 11 is 0. The maximum Gasteiger partial charge on any atom is 0.240 e. The minimum atomic E-state index is -3.94. The van der Waals surface area contributed by atoms with Crippen molar-refractivity contribution in [3.05, 3.63) is 23.8 Å². The molecular formula is C14H18N4O3S. The van der Waals surface area contributed by atoms with Crippen LogP contribution in [0.2, 0.25) is 0 Å². The van der Waals surface area contributed by atoms with E-state index in [9.17, 15) is 13.2 Å². The second-order valence-electron chi connectivity index (χ2n) is 5.46. The summed E-state index contributed by atoms with van der Waals surface area (Å²) in [6.07, 6.45) is 1.99. The molecule has 0 saturated carbocycles. The van der Waals surface area contributed by atoms with Crippen LogP contribution in [0.3, 0.4) is 0 Å².